The zero-order valence-electron chi connectivity index (χ0n) is 8.64. The van der Waals surface area contributed by atoms with Gasteiger partial charge in [0.2, 0.25) is 6.20 Å². The van der Waals surface area contributed by atoms with Gasteiger partial charge in [0.1, 0.15) is 0 Å². The van der Waals surface area contributed by atoms with Gasteiger partial charge in [-0.3, -0.25) is 10.1 Å². The number of aromatic carboxylic acids is 1. The molecule has 0 fully saturated rings. The third-order valence-electron chi connectivity index (χ3n) is 1.98. The summed E-state index contributed by atoms with van der Waals surface area (Å²) in [4.78, 5) is 19.7. The molecule has 1 rings (SSSR count). The topological polar surface area (TPSA) is 80.4 Å². The van der Waals surface area contributed by atoms with Gasteiger partial charge in [0.25, 0.3) is 0 Å². The van der Waals surface area contributed by atoms with Gasteiger partial charge < -0.3 is 5.11 Å². The first-order chi connectivity index (χ1) is 8.21. The Kier molecular flexibility index (Phi) is 3.70. The number of carboxylic acid groups (broad SMARTS) is 1. The molecule has 0 aliphatic carbocycles. The zero-order valence-corrected chi connectivity index (χ0v) is 8.64. The van der Waals surface area contributed by atoms with Crippen LogP contribution in [0.5, 0.6) is 0 Å². The molecule has 0 radical (unpaired) electrons. The molecule has 0 spiro atoms. The van der Waals surface area contributed by atoms with E-state index in [4.69, 9.17) is 5.11 Å². The fourth-order valence-corrected chi connectivity index (χ4v) is 1.22. The molecule has 1 N–H and O–H groups in total. The van der Waals surface area contributed by atoms with E-state index in [1.165, 1.54) is 0 Å². The average molecular weight is 261 g/mol. The van der Waals surface area contributed by atoms with Crippen LogP contribution in [-0.2, 0) is 6.18 Å². The predicted molar refractivity (Wildman–Crippen MR) is 54.4 cm³/mol. The summed E-state index contributed by atoms with van der Waals surface area (Å²) in [6.07, 6.45) is -3.78. The molecule has 0 aliphatic rings. The molecule has 96 valence electrons. The van der Waals surface area contributed by atoms with E-state index in [1.807, 2.05) is 0 Å². The van der Waals surface area contributed by atoms with E-state index < -0.39 is 33.8 Å². The third-order valence-corrected chi connectivity index (χ3v) is 1.98. The number of hydrogen-bond donors (Lipinski definition) is 1. The zero-order chi connectivity index (χ0) is 13.9. The molecule has 0 bridgehead atoms. The van der Waals surface area contributed by atoms with E-state index in [2.05, 4.69) is 0 Å². The lowest BCUT2D eigenvalue weighted by Crippen LogP contribution is -2.10. The number of alkyl halides is 3. The molecular weight excluding hydrogens is 255 g/mol. The number of halogens is 3. The molecule has 0 unspecified atom stereocenters. The average Bonchev–Trinajstić information content (AvgIpc) is 2.24. The minimum absolute atomic E-state index is 0.352. The van der Waals surface area contributed by atoms with Crippen LogP contribution in [0.2, 0.25) is 0 Å². The summed E-state index contributed by atoms with van der Waals surface area (Å²) in [6, 6.07) is 2.24. The van der Waals surface area contributed by atoms with Gasteiger partial charge in [-0.05, 0) is 17.7 Å². The highest BCUT2D eigenvalue weighted by Gasteiger charge is 2.33. The molecule has 0 saturated carbocycles. The molecule has 0 saturated heterocycles. The number of carboxylic acids is 1. The van der Waals surface area contributed by atoms with E-state index in [1.54, 1.807) is 0 Å². The van der Waals surface area contributed by atoms with Crippen molar-refractivity contribution >= 4 is 12.0 Å². The molecule has 18 heavy (non-hydrogen) atoms. The first kappa shape index (κ1) is 13.7. The van der Waals surface area contributed by atoms with Gasteiger partial charge in [0.05, 0.1) is 16.1 Å². The molecule has 0 heterocycles. The second-order valence-corrected chi connectivity index (χ2v) is 3.21. The van der Waals surface area contributed by atoms with E-state index in [0.29, 0.717) is 18.3 Å². The fourth-order valence-electron chi connectivity index (χ4n) is 1.22. The molecule has 5 nitrogen and oxygen atoms in total. The van der Waals surface area contributed by atoms with Crippen LogP contribution in [0.3, 0.4) is 0 Å². The highest BCUT2D eigenvalue weighted by atomic mass is 19.4. The largest absolute Gasteiger partial charge is 0.478 e. The van der Waals surface area contributed by atoms with E-state index in [-0.39, 0.29) is 0 Å². The summed E-state index contributed by atoms with van der Waals surface area (Å²) in [5.41, 5.74) is -2.25. The smallest absolute Gasteiger partial charge is 0.417 e. The maximum Gasteiger partial charge on any atom is 0.417 e. The second-order valence-electron chi connectivity index (χ2n) is 3.21. The van der Waals surface area contributed by atoms with Crippen LogP contribution in [0.4, 0.5) is 13.2 Å². The Labute approximate surface area is 98.3 Å². The molecular formula is C10H6F3NO4. The van der Waals surface area contributed by atoms with Crippen molar-refractivity contribution in [2.75, 3.05) is 0 Å². The first-order valence-corrected chi connectivity index (χ1v) is 4.48. The fraction of sp³-hybridized carbons (Fsp3) is 0.100. The molecule has 1 aromatic rings. The summed E-state index contributed by atoms with van der Waals surface area (Å²) in [7, 11) is 0. The van der Waals surface area contributed by atoms with Crippen molar-refractivity contribution in [3.8, 4) is 0 Å². The highest BCUT2D eigenvalue weighted by molar-refractivity contribution is 5.88. The summed E-state index contributed by atoms with van der Waals surface area (Å²) in [5, 5.41) is 18.6. The van der Waals surface area contributed by atoms with Crippen molar-refractivity contribution < 1.29 is 28.0 Å². The van der Waals surface area contributed by atoms with Crippen molar-refractivity contribution in [2.24, 2.45) is 0 Å². The minimum Gasteiger partial charge on any atom is -0.478 e. The number of nitrogens with zero attached hydrogens (tertiary/aromatic N) is 1. The van der Waals surface area contributed by atoms with Crippen LogP contribution in [-0.4, -0.2) is 16.0 Å². The van der Waals surface area contributed by atoms with Crippen LogP contribution < -0.4 is 0 Å². The quantitative estimate of drug-likeness (QED) is 0.669. The molecule has 0 amide bonds. The van der Waals surface area contributed by atoms with Gasteiger partial charge in [-0.1, -0.05) is 6.07 Å². The van der Waals surface area contributed by atoms with Gasteiger partial charge in [-0.25, -0.2) is 4.79 Å². The lowest BCUT2D eigenvalue weighted by atomic mass is 10.0. The number of benzene rings is 1. The molecule has 0 aliphatic heterocycles. The maximum absolute atomic E-state index is 12.6. The van der Waals surface area contributed by atoms with Crippen LogP contribution in [0.1, 0.15) is 21.5 Å². The number of rotatable bonds is 3. The summed E-state index contributed by atoms with van der Waals surface area (Å²) >= 11 is 0. The summed E-state index contributed by atoms with van der Waals surface area (Å²) < 4.78 is 37.9. The minimum atomic E-state index is -4.79. The Morgan fingerprint density at radius 3 is 2.44 bits per heavy atom. The van der Waals surface area contributed by atoms with Crippen LogP contribution in [0.25, 0.3) is 6.08 Å². The van der Waals surface area contributed by atoms with Gasteiger partial charge in [-0.15, -0.1) is 0 Å². The maximum atomic E-state index is 12.6. The highest BCUT2D eigenvalue weighted by Crippen LogP contribution is 2.33. The van der Waals surface area contributed by atoms with Crippen molar-refractivity contribution in [2.45, 2.75) is 6.18 Å². The van der Waals surface area contributed by atoms with Gasteiger partial charge in [0, 0.05) is 6.08 Å². The number of nitro groups is 1. The second kappa shape index (κ2) is 4.86. The standard InChI is InChI=1S/C10H6F3NO4/c11-10(12,13)8-5-7(9(15)16)2-1-6(8)3-4-14(17)18/h1-5H,(H,15,16)/b4-3+. The number of carbonyl (C=O) groups is 1. The summed E-state index contributed by atoms with van der Waals surface area (Å²) in [5.74, 6) is -1.51. The van der Waals surface area contributed by atoms with Gasteiger partial charge in [-0.2, -0.15) is 13.2 Å². The monoisotopic (exact) mass is 261 g/mol. The third kappa shape index (κ3) is 3.30. The van der Waals surface area contributed by atoms with Gasteiger partial charge >= 0.3 is 12.1 Å². The Morgan fingerprint density at radius 1 is 1.39 bits per heavy atom. The Morgan fingerprint density at radius 2 is 2.00 bits per heavy atom. The normalized spacial score (nSPS) is 11.7. The van der Waals surface area contributed by atoms with Gasteiger partial charge in [0.15, 0.2) is 0 Å². The van der Waals surface area contributed by atoms with Crippen LogP contribution >= 0.6 is 0 Å². The summed E-state index contributed by atoms with van der Waals surface area (Å²) in [6.45, 7) is 0. The number of hydrogen-bond acceptors (Lipinski definition) is 3. The lowest BCUT2D eigenvalue weighted by Gasteiger charge is -2.10. The van der Waals surface area contributed by atoms with Crippen molar-refractivity contribution in [1.29, 1.82) is 0 Å². The SMILES string of the molecule is O=C(O)c1ccc(/C=C/[N+](=O)[O-])c(C(F)(F)F)c1. The Hall–Kier alpha value is -2.38. The van der Waals surface area contributed by atoms with Crippen LogP contribution in [0.15, 0.2) is 24.4 Å². The van der Waals surface area contributed by atoms with E-state index in [9.17, 15) is 28.1 Å². The lowest BCUT2D eigenvalue weighted by molar-refractivity contribution is -0.400. The van der Waals surface area contributed by atoms with Crippen molar-refractivity contribution in [3.05, 3.63) is 51.2 Å². The van der Waals surface area contributed by atoms with Crippen LogP contribution in [0, 0.1) is 10.1 Å². The van der Waals surface area contributed by atoms with Crippen molar-refractivity contribution in [1.82, 2.24) is 0 Å². The predicted octanol–water partition coefficient (Wildman–Crippen LogP) is 2.65. The van der Waals surface area contributed by atoms with Crippen molar-refractivity contribution in [3.63, 3.8) is 0 Å². The van der Waals surface area contributed by atoms with E-state index >= 15 is 0 Å². The Bertz CT molecular complexity index is 522. The Balaban J connectivity index is 3.34. The molecule has 8 heteroatoms. The first-order valence-electron chi connectivity index (χ1n) is 4.48. The molecule has 1 aromatic carbocycles. The molecule has 0 aromatic heterocycles. The molecule has 0 atom stereocenters. The van der Waals surface area contributed by atoms with E-state index in [0.717, 1.165) is 12.1 Å².